The van der Waals surface area contributed by atoms with Gasteiger partial charge in [0.2, 0.25) is 0 Å². The third-order valence-corrected chi connectivity index (χ3v) is 2.41. The molecule has 11 heavy (non-hydrogen) atoms. The van der Waals surface area contributed by atoms with Crippen LogP contribution in [-0.4, -0.2) is 50.0 Å². The number of hydrogen-bond donors (Lipinski definition) is 0. The molecule has 2 atom stereocenters. The molecule has 0 spiro atoms. The molecule has 3 heteroatoms. The van der Waals surface area contributed by atoms with E-state index in [1.54, 1.807) is 0 Å². The van der Waals surface area contributed by atoms with Crippen LogP contribution in [0.25, 0.3) is 0 Å². The summed E-state index contributed by atoms with van der Waals surface area (Å²) >= 11 is 0. The van der Waals surface area contributed by atoms with Crippen molar-refractivity contribution in [3.63, 3.8) is 0 Å². The average Bonchev–Trinajstić information content (AvgIpc) is 2.04. The minimum Gasteiger partial charge on any atom is -0.378 e. The number of nitrogens with zero attached hydrogens (tertiary/aromatic N) is 1. The highest BCUT2D eigenvalue weighted by Crippen LogP contribution is 2.14. The summed E-state index contributed by atoms with van der Waals surface area (Å²) in [5.41, 5.74) is 0. The van der Waals surface area contributed by atoms with Gasteiger partial charge >= 0.3 is 0 Å². The Morgan fingerprint density at radius 2 is 2.27 bits per heavy atom. The van der Waals surface area contributed by atoms with Crippen molar-refractivity contribution < 1.29 is 9.47 Å². The van der Waals surface area contributed by atoms with Gasteiger partial charge in [0.15, 0.2) is 0 Å². The lowest BCUT2D eigenvalue weighted by Gasteiger charge is -2.41. The first-order valence-electron chi connectivity index (χ1n) is 4.29. The van der Waals surface area contributed by atoms with Gasteiger partial charge < -0.3 is 9.47 Å². The van der Waals surface area contributed by atoms with Gasteiger partial charge in [0.25, 0.3) is 0 Å². The molecule has 0 N–H and O–H groups in total. The zero-order valence-electron chi connectivity index (χ0n) is 6.95. The predicted molar refractivity (Wildman–Crippen MR) is 41.6 cm³/mol. The molecule has 2 aliphatic rings. The fourth-order valence-electron chi connectivity index (χ4n) is 1.74. The van der Waals surface area contributed by atoms with E-state index in [4.69, 9.17) is 9.47 Å². The van der Waals surface area contributed by atoms with Gasteiger partial charge in [-0.05, 0) is 6.92 Å². The molecule has 0 saturated carbocycles. The topological polar surface area (TPSA) is 21.7 Å². The van der Waals surface area contributed by atoms with Gasteiger partial charge in [0.05, 0.1) is 32.0 Å². The highest BCUT2D eigenvalue weighted by Gasteiger charge is 2.28. The zero-order chi connectivity index (χ0) is 7.68. The number of hydrogen-bond acceptors (Lipinski definition) is 3. The number of rotatable bonds is 0. The van der Waals surface area contributed by atoms with E-state index in [0.29, 0.717) is 12.1 Å². The normalized spacial score (nSPS) is 40.1. The Labute approximate surface area is 67.3 Å². The molecule has 2 fully saturated rings. The van der Waals surface area contributed by atoms with Crippen LogP contribution in [0.15, 0.2) is 0 Å². The van der Waals surface area contributed by atoms with Crippen LogP contribution in [-0.2, 0) is 9.47 Å². The van der Waals surface area contributed by atoms with Crippen LogP contribution in [0.3, 0.4) is 0 Å². The summed E-state index contributed by atoms with van der Waals surface area (Å²) in [7, 11) is 0. The second kappa shape index (κ2) is 3.09. The molecule has 3 nitrogen and oxygen atoms in total. The van der Waals surface area contributed by atoms with Crippen molar-refractivity contribution in [3.05, 3.63) is 0 Å². The summed E-state index contributed by atoms with van der Waals surface area (Å²) < 4.78 is 10.9. The fraction of sp³-hybridized carbons (Fsp3) is 1.00. The van der Waals surface area contributed by atoms with Gasteiger partial charge in [0.1, 0.15) is 0 Å². The molecule has 0 aromatic rings. The van der Waals surface area contributed by atoms with E-state index >= 15 is 0 Å². The second-order valence-corrected chi connectivity index (χ2v) is 3.37. The third-order valence-electron chi connectivity index (χ3n) is 2.41. The van der Waals surface area contributed by atoms with E-state index < -0.39 is 0 Å². The minimum absolute atomic E-state index is 0.407. The maximum absolute atomic E-state index is 5.53. The molecule has 0 amide bonds. The van der Waals surface area contributed by atoms with Gasteiger partial charge in [0, 0.05) is 13.1 Å². The van der Waals surface area contributed by atoms with Crippen LogP contribution in [0.1, 0.15) is 6.92 Å². The van der Waals surface area contributed by atoms with E-state index in [-0.39, 0.29) is 0 Å². The Morgan fingerprint density at radius 3 is 3.18 bits per heavy atom. The lowest BCUT2D eigenvalue weighted by atomic mass is 10.2. The Bertz CT molecular complexity index is 140. The van der Waals surface area contributed by atoms with E-state index in [1.165, 1.54) is 0 Å². The maximum atomic E-state index is 5.53. The number of ether oxygens (including phenoxy) is 2. The molecule has 0 aromatic carbocycles. The van der Waals surface area contributed by atoms with E-state index in [9.17, 15) is 0 Å². The van der Waals surface area contributed by atoms with Crippen molar-refractivity contribution >= 4 is 0 Å². The summed E-state index contributed by atoms with van der Waals surface area (Å²) in [4.78, 5) is 2.47. The molecule has 0 aliphatic carbocycles. The SMILES string of the molecule is C[C@@H]1CN2CCOC[C@H]2CO1. The quantitative estimate of drug-likeness (QED) is 0.498. The Balaban J connectivity index is 1.93. The van der Waals surface area contributed by atoms with Gasteiger partial charge in [-0.3, -0.25) is 4.90 Å². The molecular formula is C8H15NO2. The third kappa shape index (κ3) is 1.55. The monoisotopic (exact) mass is 157 g/mol. The van der Waals surface area contributed by atoms with Crippen LogP contribution in [0.4, 0.5) is 0 Å². The average molecular weight is 157 g/mol. The molecular weight excluding hydrogens is 142 g/mol. The molecule has 2 saturated heterocycles. The van der Waals surface area contributed by atoms with Crippen molar-refractivity contribution in [3.8, 4) is 0 Å². The molecule has 2 aliphatic heterocycles. The van der Waals surface area contributed by atoms with Crippen LogP contribution in [0.5, 0.6) is 0 Å². The van der Waals surface area contributed by atoms with Crippen molar-refractivity contribution in [1.82, 2.24) is 4.90 Å². The van der Waals surface area contributed by atoms with Crippen LogP contribution >= 0.6 is 0 Å². The molecule has 2 rings (SSSR count). The van der Waals surface area contributed by atoms with Crippen LogP contribution in [0.2, 0.25) is 0 Å². The summed E-state index contributed by atoms with van der Waals surface area (Å²) in [5, 5.41) is 0. The fourth-order valence-corrected chi connectivity index (χ4v) is 1.74. The highest BCUT2D eigenvalue weighted by molar-refractivity contribution is 4.80. The minimum atomic E-state index is 0.407. The van der Waals surface area contributed by atoms with E-state index in [2.05, 4.69) is 11.8 Å². The lowest BCUT2D eigenvalue weighted by molar-refractivity contribution is -0.110. The van der Waals surface area contributed by atoms with Gasteiger partial charge in [-0.1, -0.05) is 0 Å². The summed E-state index contributed by atoms with van der Waals surface area (Å²) in [5.74, 6) is 0. The molecule has 0 bridgehead atoms. The van der Waals surface area contributed by atoms with E-state index in [0.717, 1.165) is 32.9 Å². The molecule has 0 radical (unpaired) electrons. The predicted octanol–water partition coefficient (Wildman–Crippen LogP) is 0.106. The number of fused-ring (bicyclic) bond motifs is 1. The van der Waals surface area contributed by atoms with Crippen molar-refractivity contribution in [2.45, 2.75) is 19.1 Å². The largest absolute Gasteiger partial charge is 0.378 e. The summed E-state index contributed by atoms with van der Waals surface area (Å²) in [6, 6.07) is 0.528. The van der Waals surface area contributed by atoms with Crippen molar-refractivity contribution in [2.75, 3.05) is 32.9 Å². The van der Waals surface area contributed by atoms with Crippen LogP contribution in [0, 0.1) is 0 Å². The van der Waals surface area contributed by atoms with E-state index in [1.807, 2.05) is 0 Å². The van der Waals surface area contributed by atoms with Crippen molar-refractivity contribution in [2.24, 2.45) is 0 Å². The number of morpholine rings is 2. The Hall–Kier alpha value is -0.120. The highest BCUT2D eigenvalue weighted by atomic mass is 16.5. The lowest BCUT2D eigenvalue weighted by Crippen LogP contribution is -2.54. The van der Waals surface area contributed by atoms with Gasteiger partial charge in [-0.2, -0.15) is 0 Å². The molecule has 64 valence electrons. The zero-order valence-corrected chi connectivity index (χ0v) is 6.95. The smallest absolute Gasteiger partial charge is 0.0674 e. The van der Waals surface area contributed by atoms with Crippen LogP contribution < -0.4 is 0 Å². The van der Waals surface area contributed by atoms with Gasteiger partial charge in [-0.15, -0.1) is 0 Å². The molecule has 0 unspecified atom stereocenters. The Morgan fingerprint density at radius 1 is 1.36 bits per heavy atom. The first kappa shape index (κ1) is 7.53. The summed E-state index contributed by atoms with van der Waals surface area (Å²) in [6.45, 7) is 6.88. The molecule has 0 aromatic heterocycles. The maximum Gasteiger partial charge on any atom is 0.0674 e. The van der Waals surface area contributed by atoms with Crippen molar-refractivity contribution in [1.29, 1.82) is 0 Å². The first-order chi connectivity index (χ1) is 5.36. The standard InChI is InChI=1S/C8H15NO2/c1-7-4-9-2-3-10-5-8(9)6-11-7/h7-8H,2-6H2,1H3/t7-,8+/m1/s1. The van der Waals surface area contributed by atoms with Gasteiger partial charge in [-0.25, -0.2) is 0 Å². The molecule has 2 heterocycles. The summed E-state index contributed by atoms with van der Waals surface area (Å²) in [6.07, 6.45) is 0.407. The Kier molecular flexibility index (Phi) is 2.11. The second-order valence-electron chi connectivity index (χ2n) is 3.37. The first-order valence-corrected chi connectivity index (χ1v) is 4.29.